The van der Waals surface area contributed by atoms with E-state index in [1.807, 2.05) is 0 Å². The number of nitrogens with zero attached hydrogens (tertiary/aromatic N) is 1. The van der Waals surface area contributed by atoms with E-state index in [0.29, 0.717) is 0 Å². The Morgan fingerprint density at radius 1 is 1.47 bits per heavy atom. The Kier molecular flexibility index (Phi) is 2.94. The van der Waals surface area contributed by atoms with Crippen molar-refractivity contribution in [2.45, 2.75) is 12.2 Å². The molecule has 0 fully saturated rings. The average Bonchev–Trinajstić information content (AvgIpc) is 2.15. The molecule has 0 aliphatic heterocycles. The molecule has 0 saturated heterocycles. The quantitative estimate of drug-likeness (QED) is 0.784. The van der Waals surface area contributed by atoms with Crippen molar-refractivity contribution in [1.29, 1.82) is 0 Å². The minimum Gasteiger partial charge on any atom is -0.480 e. The van der Waals surface area contributed by atoms with Gasteiger partial charge in [-0.25, -0.2) is 4.98 Å². The maximum atomic E-state index is 12.2. The minimum absolute atomic E-state index is 0.322. The summed E-state index contributed by atoms with van der Waals surface area (Å²) in [7, 11) is 0. The first-order valence-corrected chi connectivity index (χ1v) is 3.85. The molecular weight excluding hydrogens is 213 g/mol. The van der Waals surface area contributed by atoms with E-state index in [2.05, 4.69) is 4.98 Å². The number of carboxylic acid groups (broad SMARTS) is 1. The molecule has 1 unspecified atom stereocenters. The van der Waals surface area contributed by atoms with E-state index in [0.717, 1.165) is 18.2 Å². The largest absolute Gasteiger partial charge is 0.480 e. The Bertz CT molecular complexity index is 378. The molecule has 4 nitrogen and oxygen atoms in total. The fraction of sp³-hybridized carbons (Fsp3) is 0.250. The zero-order chi connectivity index (χ0) is 11.6. The molecule has 1 aromatic rings. The second-order valence-corrected chi connectivity index (χ2v) is 2.76. The molecular formula is C8H7F3N2O2. The molecule has 15 heavy (non-hydrogen) atoms. The van der Waals surface area contributed by atoms with Crippen molar-refractivity contribution in [3.8, 4) is 0 Å². The number of halogens is 3. The molecule has 0 amide bonds. The molecule has 82 valence electrons. The molecule has 0 saturated carbocycles. The van der Waals surface area contributed by atoms with Crippen LogP contribution in [0.1, 0.15) is 17.4 Å². The van der Waals surface area contributed by atoms with Gasteiger partial charge in [-0.15, -0.1) is 0 Å². The molecule has 0 aliphatic carbocycles. The number of hydrogen-bond acceptors (Lipinski definition) is 3. The highest BCUT2D eigenvalue weighted by Gasteiger charge is 2.33. The highest BCUT2D eigenvalue weighted by Crippen LogP contribution is 2.27. The lowest BCUT2D eigenvalue weighted by Crippen LogP contribution is -2.23. The summed E-state index contributed by atoms with van der Waals surface area (Å²) in [4.78, 5) is 13.5. The maximum Gasteiger partial charge on any atom is 0.433 e. The van der Waals surface area contributed by atoms with Gasteiger partial charge < -0.3 is 10.8 Å². The fourth-order valence-electron chi connectivity index (χ4n) is 0.909. The van der Waals surface area contributed by atoms with Crippen LogP contribution < -0.4 is 5.73 Å². The van der Waals surface area contributed by atoms with Gasteiger partial charge in [-0.1, -0.05) is 6.07 Å². The number of rotatable bonds is 2. The van der Waals surface area contributed by atoms with Crippen LogP contribution in [0.2, 0.25) is 0 Å². The summed E-state index contributed by atoms with van der Waals surface area (Å²) < 4.78 is 36.5. The van der Waals surface area contributed by atoms with Gasteiger partial charge in [0.25, 0.3) is 0 Å². The second-order valence-electron chi connectivity index (χ2n) is 2.76. The van der Waals surface area contributed by atoms with Crippen LogP contribution in [0.3, 0.4) is 0 Å². The first-order valence-electron chi connectivity index (χ1n) is 3.85. The molecule has 7 heteroatoms. The second kappa shape index (κ2) is 3.85. The molecule has 3 N–H and O–H groups in total. The van der Waals surface area contributed by atoms with E-state index in [1.165, 1.54) is 0 Å². The van der Waals surface area contributed by atoms with Gasteiger partial charge in [-0.05, 0) is 12.1 Å². The molecule has 0 radical (unpaired) electrons. The van der Waals surface area contributed by atoms with Crippen molar-refractivity contribution in [2.75, 3.05) is 0 Å². The summed E-state index contributed by atoms with van der Waals surface area (Å²) in [6.45, 7) is 0. The van der Waals surface area contributed by atoms with Gasteiger partial charge in [-0.3, -0.25) is 4.79 Å². The fourth-order valence-corrected chi connectivity index (χ4v) is 0.909. The molecule has 0 bridgehead atoms. The van der Waals surface area contributed by atoms with E-state index in [-0.39, 0.29) is 5.69 Å². The number of aliphatic carboxylic acids is 1. The Hall–Kier alpha value is -1.63. The predicted octanol–water partition coefficient (Wildman–Crippen LogP) is 1.18. The van der Waals surface area contributed by atoms with Crippen LogP contribution in [-0.4, -0.2) is 16.1 Å². The Labute approximate surface area is 82.5 Å². The first-order chi connectivity index (χ1) is 6.82. The summed E-state index contributed by atoms with van der Waals surface area (Å²) >= 11 is 0. The van der Waals surface area contributed by atoms with Crippen LogP contribution in [0.4, 0.5) is 13.2 Å². The van der Waals surface area contributed by atoms with Gasteiger partial charge in [-0.2, -0.15) is 13.2 Å². The topological polar surface area (TPSA) is 76.2 Å². The van der Waals surface area contributed by atoms with E-state index >= 15 is 0 Å². The first kappa shape index (κ1) is 11.4. The zero-order valence-electron chi connectivity index (χ0n) is 7.32. The van der Waals surface area contributed by atoms with Crippen molar-refractivity contribution in [3.05, 3.63) is 29.6 Å². The van der Waals surface area contributed by atoms with Crippen LogP contribution in [0, 0.1) is 0 Å². The van der Waals surface area contributed by atoms with Gasteiger partial charge in [0.1, 0.15) is 11.7 Å². The van der Waals surface area contributed by atoms with Crippen LogP contribution in [0.25, 0.3) is 0 Å². The third-order valence-electron chi connectivity index (χ3n) is 1.65. The third kappa shape index (κ3) is 2.66. The lowest BCUT2D eigenvalue weighted by molar-refractivity contribution is -0.142. The standard InChI is InChI=1S/C8H7F3N2O2/c9-8(10,11)5-3-1-2-4(13-5)6(12)7(14)15/h1-3,6H,12H2,(H,14,15). The Morgan fingerprint density at radius 3 is 2.53 bits per heavy atom. The monoisotopic (exact) mass is 220 g/mol. The number of alkyl halides is 3. The summed E-state index contributed by atoms with van der Waals surface area (Å²) in [5, 5.41) is 8.48. The van der Waals surface area contributed by atoms with Gasteiger partial charge in [0.05, 0.1) is 5.69 Å². The molecule has 1 aromatic heterocycles. The van der Waals surface area contributed by atoms with E-state index in [1.54, 1.807) is 0 Å². The third-order valence-corrected chi connectivity index (χ3v) is 1.65. The minimum atomic E-state index is -4.60. The van der Waals surface area contributed by atoms with Crippen LogP contribution in [-0.2, 0) is 11.0 Å². The molecule has 0 aliphatic rings. The van der Waals surface area contributed by atoms with E-state index in [4.69, 9.17) is 10.8 Å². The van der Waals surface area contributed by atoms with E-state index < -0.39 is 23.9 Å². The van der Waals surface area contributed by atoms with Crippen LogP contribution in [0.5, 0.6) is 0 Å². The number of carbonyl (C=O) groups is 1. The predicted molar refractivity (Wildman–Crippen MR) is 43.8 cm³/mol. The number of nitrogens with two attached hydrogens (primary N) is 1. The average molecular weight is 220 g/mol. The van der Waals surface area contributed by atoms with Crippen LogP contribution in [0.15, 0.2) is 18.2 Å². The lowest BCUT2D eigenvalue weighted by Gasteiger charge is -2.09. The molecule has 0 aromatic carbocycles. The van der Waals surface area contributed by atoms with Gasteiger partial charge in [0.2, 0.25) is 0 Å². The number of carboxylic acids is 1. The smallest absolute Gasteiger partial charge is 0.433 e. The Morgan fingerprint density at radius 2 is 2.07 bits per heavy atom. The normalized spacial score (nSPS) is 13.6. The van der Waals surface area contributed by atoms with Crippen molar-refractivity contribution in [1.82, 2.24) is 4.98 Å². The van der Waals surface area contributed by atoms with Crippen LogP contribution >= 0.6 is 0 Å². The SMILES string of the molecule is NC(C(=O)O)c1cccc(C(F)(F)F)n1. The molecule has 1 atom stereocenters. The molecule has 1 heterocycles. The highest BCUT2D eigenvalue weighted by atomic mass is 19.4. The van der Waals surface area contributed by atoms with Gasteiger partial charge in [0, 0.05) is 0 Å². The van der Waals surface area contributed by atoms with Crippen molar-refractivity contribution in [3.63, 3.8) is 0 Å². The summed E-state index contributed by atoms with van der Waals surface area (Å²) in [5.74, 6) is -1.43. The number of hydrogen-bond donors (Lipinski definition) is 2. The highest BCUT2D eigenvalue weighted by molar-refractivity contribution is 5.74. The summed E-state index contributed by atoms with van der Waals surface area (Å²) in [6, 6.07) is 1.40. The number of aromatic nitrogens is 1. The molecule has 1 rings (SSSR count). The zero-order valence-corrected chi connectivity index (χ0v) is 7.32. The Balaban J connectivity index is 3.08. The van der Waals surface area contributed by atoms with Gasteiger partial charge in [0.15, 0.2) is 0 Å². The van der Waals surface area contributed by atoms with Crippen molar-refractivity contribution >= 4 is 5.97 Å². The van der Waals surface area contributed by atoms with E-state index in [9.17, 15) is 18.0 Å². The summed E-state index contributed by atoms with van der Waals surface area (Å²) in [6.07, 6.45) is -4.60. The van der Waals surface area contributed by atoms with Crippen molar-refractivity contribution in [2.24, 2.45) is 5.73 Å². The lowest BCUT2D eigenvalue weighted by atomic mass is 10.2. The van der Waals surface area contributed by atoms with Gasteiger partial charge >= 0.3 is 12.1 Å². The molecule has 0 spiro atoms. The maximum absolute atomic E-state index is 12.2. The number of pyridine rings is 1. The van der Waals surface area contributed by atoms with Crippen molar-refractivity contribution < 1.29 is 23.1 Å². The summed E-state index contributed by atoms with van der Waals surface area (Å²) in [5.41, 5.74) is 3.64.